The zero-order valence-electron chi connectivity index (χ0n) is 10.8. The highest BCUT2D eigenvalue weighted by Gasteiger charge is 2.25. The van der Waals surface area contributed by atoms with E-state index in [9.17, 15) is 8.42 Å². The fourth-order valence-electron chi connectivity index (χ4n) is 2.48. The van der Waals surface area contributed by atoms with Gasteiger partial charge in [0.1, 0.15) is 11.9 Å². The maximum Gasteiger partial charge on any atom is 0.238 e. The van der Waals surface area contributed by atoms with Crippen LogP contribution in [0.15, 0.2) is 29.2 Å². The van der Waals surface area contributed by atoms with Crippen molar-refractivity contribution in [2.24, 2.45) is 16.8 Å². The summed E-state index contributed by atoms with van der Waals surface area (Å²) < 4.78 is 28.2. The van der Waals surface area contributed by atoms with Gasteiger partial charge in [-0.15, -0.1) is 0 Å². The zero-order valence-corrected chi connectivity index (χ0v) is 11.6. The van der Waals surface area contributed by atoms with Crippen molar-refractivity contribution >= 4 is 10.0 Å². The predicted octanol–water partition coefficient (Wildman–Crippen LogP) is 1.23. The quantitative estimate of drug-likeness (QED) is 0.869. The summed E-state index contributed by atoms with van der Waals surface area (Å²) in [6, 6.07) is 6.21. The molecule has 1 aromatic carbocycles. The Hall–Kier alpha value is -1.11. The Morgan fingerprint density at radius 3 is 2.37 bits per heavy atom. The van der Waals surface area contributed by atoms with Crippen LogP contribution < -0.4 is 15.6 Å². The number of hydrogen-bond acceptors (Lipinski definition) is 4. The van der Waals surface area contributed by atoms with Gasteiger partial charge >= 0.3 is 0 Å². The van der Waals surface area contributed by atoms with Crippen LogP contribution in [0.4, 0.5) is 0 Å². The molecule has 1 aromatic rings. The van der Waals surface area contributed by atoms with Gasteiger partial charge in [-0.25, -0.2) is 13.6 Å². The van der Waals surface area contributed by atoms with E-state index in [1.807, 2.05) is 0 Å². The molecule has 0 bridgehead atoms. The molecule has 6 heteroatoms. The number of rotatable bonds is 4. The van der Waals surface area contributed by atoms with Crippen molar-refractivity contribution in [1.82, 2.24) is 0 Å². The average Bonchev–Trinajstić information content (AvgIpc) is 2.39. The SMILES string of the molecule is NCC1CCCCC1Oc1ccc(S(N)(=O)=O)cc1. The Balaban J connectivity index is 2.06. The Morgan fingerprint density at radius 2 is 1.79 bits per heavy atom. The Kier molecular flexibility index (Phi) is 4.44. The molecule has 1 aliphatic carbocycles. The van der Waals surface area contributed by atoms with Gasteiger partial charge in [-0.3, -0.25) is 0 Å². The third kappa shape index (κ3) is 3.68. The largest absolute Gasteiger partial charge is 0.490 e. The molecule has 5 nitrogen and oxygen atoms in total. The summed E-state index contributed by atoms with van der Waals surface area (Å²) in [6.45, 7) is 0.625. The summed E-state index contributed by atoms with van der Waals surface area (Å²) in [4.78, 5) is 0.0962. The van der Waals surface area contributed by atoms with Crippen molar-refractivity contribution in [3.63, 3.8) is 0 Å². The molecule has 0 radical (unpaired) electrons. The van der Waals surface area contributed by atoms with Crippen molar-refractivity contribution in [1.29, 1.82) is 0 Å². The molecule has 0 spiro atoms. The third-order valence-electron chi connectivity index (χ3n) is 3.58. The molecule has 0 aromatic heterocycles. The molecule has 0 saturated heterocycles. The van der Waals surface area contributed by atoms with Crippen LogP contribution in [0, 0.1) is 5.92 Å². The maximum absolute atomic E-state index is 11.2. The number of sulfonamides is 1. The van der Waals surface area contributed by atoms with Crippen LogP contribution in [0.3, 0.4) is 0 Å². The molecule has 106 valence electrons. The highest BCUT2D eigenvalue weighted by Crippen LogP contribution is 2.28. The van der Waals surface area contributed by atoms with Gasteiger partial charge in [0.25, 0.3) is 0 Å². The molecule has 19 heavy (non-hydrogen) atoms. The molecule has 1 aliphatic rings. The van der Waals surface area contributed by atoms with Gasteiger partial charge in [-0.05, 0) is 50.1 Å². The second-order valence-corrected chi connectivity index (χ2v) is 6.51. The first kappa shape index (κ1) is 14.3. The first-order chi connectivity index (χ1) is 9.00. The minimum atomic E-state index is -3.64. The third-order valence-corrected chi connectivity index (χ3v) is 4.51. The molecule has 0 amide bonds. The molecule has 2 atom stereocenters. The van der Waals surface area contributed by atoms with Gasteiger partial charge in [-0.1, -0.05) is 6.42 Å². The number of hydrogen-bond donors (Lipinski definition) is 2. The van der Waals surface area contributed by atoms with Crippen molar-refractivity contribution < 1.29 is 13.2 Å². The summed E-state index contributed by atoms with van der Waals surface area (Å²) in [5.74, 6) is 1.05. The van der Waals surface area contributed by atoms with Crippen LogP contribution in [-0.4, -0.2) is 21.1 Å². The summed E-state index contributed by atoms with van der Waals surface area (Å²) in [6.07, 6.45) is 4.57. The summed E-state index contributed by atoms with van der Waals surface area (Å²) in [5, 5.41) is 5.05. The molecule has 4 N–H and O–H groups in total. The number of nitrogens with two attached hydrogens (primary N) is 2. The molecule has 0 heterocycles. The van der Waals surface area contributed by atoms with E-state index in [2.05, 4.69) is 0 Å². The lowest BCUT2D eigenvalue weighted by Gasteiger charge is -2.31. The molecule has 2 rings (SSSR count). The Morgan fingerprint density at radius 1 is 1.16 bits per heavy atom. The standard InChI is InChI=1S/C13H20N2O3S/c14-9-10-3-1-2-4-13(10)18-11-5-7-12(8-6-11)19(15,16)17/h5-8,10,13H,1-4,9,14H2,(H2,15,16,17). The normalized spacial score (nSPS) is 24.1. The monoisotopic (exact) mass is 284 g/mol. The van der Waals surface area contributed by atoms with Crippen LogP contribution in [0.1, 0.15) is 25.7 Å². The van der Waals surface area contributed by atoms with Crippen LogP contribution >= 0.6 is 0 Å². The lowest BCUT2D eigenvalue weighted by atomic mass is 9.86. The Labute approximate surface area is 114 Å². The lowest BCUT2D eigenvalue weighted by molar-refractivity contribution is 0.0969. The number of primary sulfonamides is 1. The van der Waals surface area contributed by atoms with E-state index in [4.69, 9.17) is 15.6 Å². The second kappa shape index (κ2) is 5.90. The molecule has 0 aliphatic heterocycles. The summed E-state index contributed by atoms with van der Waals surface area (Å²) in [7, 11) is -3.64. The van der Waals surface area contributed by atoms with Crippen molar-refractivity contribution in [3.8, 4) is 5.75 Å². The van der Waals surface area contributed by atoms with Crippen LogP contribution in [0.5, 0.6) is 5.75 Å². The van der Waals surface area contributed by atoms with Crippen LogP contribution in [0.2, 0.25) is 0 Å². The van der Waals surface area contributed by atoms with E-state index in [1.165, 1.54) is 18.6 Å². The van der Waals surface area contributed by atoms with Crippen LogP contribution in [0.25, 0.3) is 0 Å². The second-order valence-electron chi connectivity index (χ2n) is 4.95. The van der Waals surface area contributed by atoms with E-state index in [0.29, 0.717) is 18.2 Å². The van der Waals surface area contributed by atoms with E-state index in [-0.39, 0.29) is 11.0 Å². The zero-order chi connectivity index (χ0) is 13.9. The van der Waals surface area contributed by atoms with E-state index >= 15 is 0 Å². The van der Waals surface area contributed by atoms with Crippen LogP contribution in [-0.2, 0) is 10.0 Å². The van der Waals surface area contributed by atoms with Crippen molar-refractivity contribution in [2.75, 3.05) is 6.54 Å². The van der Waals surface area contributed by atoms with E-state index < -0.39 is 10.0 Å². The van der Waals surface area contributed by atoms with Gasteiger partial charge < -0.3 is 10.5 Å². The highest BCUT2D eigenvalue weighted by atomic mass is 32.2. The average molecular weight is 284 g/mol. The smallest absolute Gasteiger partial charge is 0.238 e. The predicted molar refractivity (Wildman–Crippen MR) is 73.2 cm³/mol. The number of benzene rings is 1. The molecule has 1 saturated carbocycles. The molecular formula is C13H20N2O3S. The fraction of sp³-hybridized carbons (Fsp3) is 0.538. The molecule has 2 unspecified atom stereocenters. The highest BCUT2D eigenvalue weighted by molar-refractivity contribution is 7.89. The topological polar surface area (TPSA) is 95.4 Å². The van der Waals surface area contributed by atoms with Gasteiger partial charge in [0, 0.05) is 5.92 Å². The van der Waals surface area contributed by atoms with Gasteiger partial charge in [0.05, 0.1) is 4.90 Å². The fourth-order valence-corrected chi connectivity index (χ4v) is 3.00. The van der Waals surface area contributed by atoms with Gasteiger partial charge in [0.2, 0.25) is 10.0 Å². The molecular weight excluding hydrogens is 264 g/mol. The summed E-state index contributed by atoms with van der Waals surface area (Å²) >= 11 is 0. The Bertz CT molecular complexity index is 513. The minimum absolute atomic E-state index is 0.0962. The van der Waals surface area contributed by atoms with E-state index in [1.54, 1.807) is 12.1 Å². The van der Waals surface area contributed by atoms with Gasteiger partial charge in [-0.2, -0.15) is 0 Å². The van der Waals surface area contributed by atoms with Gasteiger partial charge in [0.15, 0.2) is 0 Å². The van der Waals surface area contributed by atoms with E-state index in [0.717, 1.165) is 19.3 Å². The lowest BCUT2D eigenvalue weighted by Crippen LogP contribution is -2.35. The minimum Gasteiger partial charge on any atom is -0.490 e. The van der Waals surface area contributed by atoms with Crippen molar-refractivity contribution in [3.05, 3.63) is 24.3 Å². The first-order valence-corrected chi connectivity index (χ1v) is 8.05. The summed E-state index contributed by atoms with van der Waals surface area (Å²) in [5.41, 5.74) is 5.75. The first-order valence-electron chi connectivity index (χ1n) is 6.50. The van der Waals surface area contributed by atoms with Crippen molar-refractivity contribution in [2.45, 2.75) is 36.7 Å². The number of ether oxygens (including phenoxy) is 1. The molecule has 1 fully saturated rings. The maximum atomic E-state index is 11.2.